The van der Waals surface area contributed by atoms with E-state index in [9.17, 15) is 9.59 Å². The lowest BCUT2D eigenvalue weighted by Crippen LogP contribution is -2.41. The van der Waals surface area contributed by atoms with Crippen molar-refractivity contribution in [1.29, 1.82) is 0 Å². The van der Waals surface area contributed by atoms with Crippen molar-refractivity contribution in [2.75, 3.05) is 30.9 Å². The number of nitrogens with zero attached hydrogens (tertiary/aromatic N) is 3. The van der Waals surface area contributed by atoms with Crippen LogP contribution in [0.2, 0.25) is 0 Å². The zero-order valence-corrected chi connectivity index (χ0v) is 17.9. The predicted molar refractivity (Wildman–Crippen MR) is 117 cm³/mol. The summed E-state index contributed by atoms with van der Waals surface area (Å²) in [6.45, 7) is 8.18. The zero-order chi connectivity index (χ0) is 21.8. The van der Waals surface area contributed by atoms with E-state index >= 15 is 0 Å². The summed E-state index contributed by atoms with van der Waals surface area (Å²) >= 11 is 0. The molecule has 0 bridgehead atoms. The van der Waals surface area contributed by atoms with E-state index in [4.69, 9.17) is 4.74 Å². The number of hydrogen-bond donors (Lipinski definition) is 3. The van der Waals surface area contributed by atoms with Crippen LogP contribution in [0.4, 0.5) is 11.4 Å². The number of nitrogens with one attached hydrogen (secondary N) is 3. The number of fused-ring (bicyclic) bond motifs is 1. The molecule has 2 amide bonds. The molecule has 0 aliphatic carbocycles. The fourth-order valence-electron chi connectivity index (χ4n) is 3.56. The molecule has 0 radical (unpaired) electrons. The molecule has 2 aliphatic rings. The van der Waals surface area contributed by atoms with Gasteiger partial charge in [0.15, 0.2) is 5.84 Å². The van der Waals surface area contributed by atoms with Gasteiger partial charge in [0.05, 0.1) is 19.1 Å². The first-order valence-corrected chi connectivity index (χ1v) is 9.83. The number of ether oxygens (including phenoxy) is 1. The van der Waals surface area contributed by atoms with Crippen LogP contribution in [0.15, 0.2) is 39.6 Å². The van der Waals surface area contributed by atoms with E-state index < -0.39 is 0 Å². The third-order valence-electron chi connectivity index (χ3n) is 5.04. The van der Waals surface area contributed by atoms with Gasteiger partial charge in [-0.05, 0) is 44.0 Å². The maximum absolute atomic E-state index is 12.8. The van der Waals surface area contributed by atoms with E-state index in [0.29, 0.717) is 24.7 Å². The summed E-state index contributed by atoms with van der Waals surface area (Å²) in [6, 6.07) is 5.55. The van der Waals surface area contributed by atoms with Crippen LogP contribution in [0.5, 0.6) is 0 Å². The molecular formula is C21H28N6O3. The summed E-state index contributed by atoms with van der Waals surface area (Å²) < 4.78 is 5.10. The lowest BCUT2D eigenvalue weighted by Gasteiger charge is -2.22. The molecule has 9 nitrogen and oxygen atoms in total. The highest BCUT2D eigenvalue weighted by Gasteiger charge is 2.37. The Labute approximate surface area is 176 Å². The van der Waals surface area contributed by atoms with Crippen molar-refractivity contribution in [1.82, 2.24) is 10.3 Å². The molecule has 0 saturated heterocycles. The SMILES string of the molecule is COC[C@H](C)NC(=O)C1CN2N=CN=C(Nc3cc(NC(C)=O)ccc3C)C2=C1C. The molecule has 30 heavy (non-hydrogen) atoms. The molecule has 0 aromatic heterocycles. The Morgan fingerprint density at radius 2 is 2.10 bits per heavy atom. The van der Waals surface area contributed by atoms with Crippen LogP contribution in [-0.4, -0.2) is 55.3 Å². The number of amides is 2. The summed E-state index contributed by atoms with van der Waals surface area (Å²) in [7, 11) is 1.61. The Morgan fingerprint density at radius 1 is 1.33 bits per heavy atom. The number of anilines is 2. The van der Waals surface area contributed by atoms with Gasteiger partial charge in [0.1, 0.15) is 12.0 Å². The van der Waals surface area contributed by atoms with Gasteiger partial charge >= 0.3 is 0 Å². The Balaban J connectivity index is 1.83. The standard InChI is InChI=1S/C21H28N6O3/c1-12-6-7-16(25-15(4)28)8-18(12)26-20-19-14(3)17(9-27(19)23-11-22-20)21(29)24-13(2)10-30-5/h6-8,11,13,17H,9-10H2,1-5H3,(H,24,29)(H,25,28)(H,22,23,26)/t13-,17?/m0/s1. The summed E-state index contributed by atoms with van der Waals surface area (Å²) in [5.41, 5.74) is 4.20. The first-order chi connectivity index (χ1) is 14.3. The van der Waals surface area contributed by atoms with Gasteiger partial charge in [0.2, 0.25) is 11.8 Å². The van der Waals surface area contributed by atoms with Crippen molar-refractivity contribution in [2.24, 2.45) is 16.0 Å². The topological polar surface area (TPSA) is 107 Å². The number of amidine groups is 1. The molecule has 0 fully saturated rings. The van der Waals surface area contributed by atoms with Gasteiger partial charge in [0.25, 0.3) is 0 Å². The smallest absolute Gasteiger partial charge is 0.229 e. The Morgan fingerprint density at radius 3 is 2.80 bits per heavy atom. The maximum atomic E-state index is 12.8. The molecule has 2 atom stereocenters. The molecule has 160 valence electrons. The second-order valence-electron chi connectivity index (χ2n) is 7.58. The number of carbonyl (C=O) groups is 2. The fraction of sp³-hybridized carbons (Fsp3) is 0.429. The van der Waals surface area contributed by atoms with Gasteiger partial charge in [0, 0.05) is 31.5 Å². The van der Waals surface area contributed by atoms with E-state index in [1.807, 2.05) is 39.0 Å². The van der Waals surface area contributed by atoms with Gasteiger partial charge in [-0.3, -0.25) is 14.6 Å². The van der Waals surface area contributed by atoms with Crippen molar-refractivity contribution in [3.63, 3.8) is 0 Å². The third-order valence-corrected chi connectivity index (χ3v) is 5.04. The minimum absolute atomic E-state index is 0.0580. The Hall–Kier alpha value is -3.20. The van der Waals surface area contributed by atoms with E-state index in [1.54, 1.807) is 12.1 Å². The van der Waals surface area contributed by atoms with Crippen molar-refractivity contribution >= 4 is 35.4 Å². The number of hydrazone groups is 1. The number of carbonyl (C=O) groups excluding carboxylic acids is 2. The van der Waals surface area contributed by atoms with Gasteiger partial charge in [-0.1, -0.05) is 6.07 Å². The summed E-state index contributed by atoms with van der Waals surface area (Å²) in [6.07, 6.45) is 1.47. The average Bonchev–Trinajstić information content (AvgIpc) is 3.02. The van der Waals surface area contributed by atoms with Crippen LogP contribution in [0, 0.1) is 12.8 Å². The maximum Gasteiger partial charge on any atom is 0.229 e. The highest BCUT2D eigenvalue weighted by atomic mass is 16.5. The highest BCUT2D eigenvalue weighted by molar-refractivity contribution is 6.13. The van der Waals surface area contributed by atoms with Crippen LogP contribution in [-0.2, 0) is 14.3 Å². The normalized spacial score (nSPS) is 18.6. The molecule has 2 heterocycles. The highest BCUT2D eigenvalue weighted by Crippen LogP contribution is 2.32. The number of benzene rings is 1. The molecule has 0 spiro atoms. The van der Waals surface area contributed by atoms with E-state index in [0.717, 1.165) is 22.5 Å². The van der Waals surface area contributed by atoms with Gasteiger partial charge in [-0.2, -0.15) is 5.10 Å². The van der Waals surface area contributed by atoms with E-state index in [2.05, 4.69) is 26.0 Å². The minimum atomic E-state index is -0.326. The summed E-state index contributed by atoms with van der Waals surface area (Å²) in [4.78, 5) is 28.6. The van der Waals surface area contributed by atoms with Gasteiger partial charge in [-0.15, -0.1) is 0 Å². The second-order valence-corrected chi connectivity index (χ2v) is 7.58. The minimum Gasteiger partial charge on any atom is -0.383 e. The molecule has 3 rings (SSSR count). The van der Waals surface area contributed by atoms with Crippen LogP contribution < -0.4 is 16.0 Å². The number of hydrogen-bond acceptors (Lipinski definition) is 7. The molecular weight excluding hydrogens is 384 g/mol. The number of rotatable bonds is 6. The molecule has 1 aromatic rings. The monoisotopic (exact) mass is 412 g/mol. The first kappa shape index (κ1) is 21.5. The molecule has 9 heteroatoms. The summed E-state index contributed by atoms with van der Waals surface area (Å²) in [5, 5.41) is 15.2. The lowest BCUT2D eigenvalue weighted by atomic mass is 10.0. The van der Waals surface area contributed by atoms with Crippen LogP contribution in [0.3, 0.4) is 0 Å². The Kier molecular flexibility index (Phi) is 6.51. The number of methoxy groups -OCH3 is 1. The van der Waals surface area contributed by atoms with Crippen molar-refractivity contribution < 1.29 is 14.3 Å². The van der Waals surface area contributed by atoms with Crippen molar-refractivity contribution in [2.45, 2.75) is 33.7 Å². The van der Waals surface area contributed by atoms with Crippen molar-refractivity contribution in [3.8, 4) is 0 Å². The van der Waals surface area contributed by atoms with Crippen LogP contribution in [0.25, 0.3) is 0 Å². The Bertz CT molecular complexity index is 937. The lowest BCUT2D eigenvalue weighted by molar-refractivity contribution is -0.124. The third kappa shape index (κ3) is 4.68. The summed E-state index contributed by atoms with van der Waals surface area (Å²) in [5.74, 6) is 0.0977. The number of aliphatic imine (C=N–C) groups is 1. The van der Waals surface area contributed by atoms with Crippen LogP contribution in [0.1, 0.15) is 26.3 Å². The zero-order valence-electron chi connectivity index (χ0n) is 17.9. The molecule has 1 unspecified atom stereocenters. The fourth-order valence-corrected chi connectivity index (χ4v) is 3.56. The van der Waals surface area contributed by atoms with E-state index in [-0.39, 0.29) is 23.8 Å². The van der Waals surface area contributed by atoms with Crippen molar-refractivity contribution in [3.05, 3.63) is 35.0 Å². The predicted octanol–water partition coefficient (Wildman–Crippen LogP) is 2.08. The quantitative estimate of drug-likeness (QED) is 0.663. The molecule has 0 saturated carbocycles. The molecule has 3 N–H and O–H groups in total. The molecule has 2 aliphatic heterocycles. The first-order valence-electron chi connectivity index (χ1n) is 9.83. The largest absolute Gasteiger partial charge is 0.383 e. The second kappa shape index (κ2) is 9.08. The van der Waals surface area contributed by atoms with E-state index in [1.165, 1.54) is 13.3 Å². The molecule has 1 aromatic carbocycles. The van der Waals surface area contributed by atoms with Gasteiger partial charge < -0.3 is 20.7 Å². The van der Waals surface area contributed by atoms with Gasteiger partial charge in [-0.25, -0.2) is 4.99 Å². The van der Waals surface area contributed by atoms with Crippen LogP contribution >= 0.6 is 0 Å². The number of aryl methyl sites for hydroxylation is 1. The average molecular weight is 412 g/mol.